The lowest BCUT2D eigenvalue weighted by Crippen LogP contribution is -2.45. The van der Waals surface area contributed by atoms with Crippen molar-refractivity contribution < 1.29 is 4.79 Å². The summed E-state index contributed by atoms with van der Waals surface area (Å²) in [5.41, 5.74) is 0. The van der Waals surface area contributed by atoms with Crippen molar-refractivity contribution >= 4 is 35.8 Å². The second-order valence-electron chi connectivity index (χ2n) is 6.84. The molecule has 0 radical (unpaired) electrons. The second-order valence-corrected chi connectivity index (χ2v) is 6.84. The van der Waals surface area contributed by atoms with Gasteiger partial charge < -0.3 is 20.4 Å². The number of nitrogens with one attached hydrogen (secondary N) is 2. The predicted octanol–water partition coefficient (Wildman–Crippen LogP) is 2.05. The molecule has 2 saturated heterocycles. The second kappa shape index (κ2) is 12.7. The number of hydrogen-bond donors (Lipinski definition) is 2. The van der Waals surface area contributed by atoms with Gasteiger partial charge in [-0.15, -0.1) is 24.0 Å². The van der Waals surface area contributed by atoms with Gasteiger partial charge in [0.2, 0.25) is 5.91 Å². The topological polar surface area (TPSA) is 60.0 Å². The van der Waals surface area contributed by atoms with Crippen molar-refractivity contribution in [3.63, 3.8) is 0 Å². The fraction of sp³-hybridized carbons (Fsp3) is 0.889. The van der Waals surface area contributed by atoms with Crippen LogP contribution < -0.4 is 10.6 Å². The minimum Gasteiger partial charge on any atom is -0.357 e. The van der Waals surface area contributed by atoms with Gasteiger partial charge in [-0.2, -0.15) is 0 Å². The van der Waals surface area contributed by atoms with Crippen molar-refractivity contribution in [3.8, 4) is 0 Å². The van der Waals surface area contributed by atoms with Crippen molar-refractivity contribution in [2.45, 2.75) is 58.4 Å². The van der Waals surface area contributed by atoms with Gasteiger partial charge in [0.1, 0.15) is 0 Å². The van der Waals surface area contributed by atoms with Crippen LogP contribution in [0.3, 0.4) is 0 Å². The summed E-state index contributed by atoms with van der Waals surface area (Å²) in [6.07, 6.45) is 6.70. The summed E-state index contributed by atoms with van der Waals surface area (Å²) in [6.45, 7) is 11.2. The van der Waals surface area contributed by atoms with Crippen LogP contribution in [0.15, 0.2) is 4.99 Å². The molecule has 0 spiro atoms. The number of aliphatic imine (C=N–C) groups is 1. The molecular formula is C18H36IN5O. The van der Waals surface area contributed by atoms with E-state index < -0.39 is 0 Å². The van der Waals surface area contributed by atoms with Crippen molar-refractivity contribution in [3.05, 3.63) is 0 Å². The van der Waals surface area contributed by atoms with Crippen LogP contribution in [0.5, 0.6) is 0 Å². The van der Waals surface area contributed by atoms with Crippen molar-refractivity contribution in [1.82, 2.24) is 20.4 Å². The number of nitrogens with zero attached hydrogens (tertiary/aromatic N) is 3. The molecule has 1 atom stereocenters. The number of halogens is 1. The average molecular weight is 465 g/mol. The number of amides is 1. The summed E-state index contributed by atoms with van der Waals surface area (Å²) in [5, 5.41) is 6.82. The number of carbonyl (C=O) groups is 1. The summed E-state index contributed by atoms with van der Waals surface area (Å²) in [6, 6.07) is 0.322. The highest BCUT2D eigenvalue weighted by atomic mass is 127. The standard InChI is InChI=1S/C18H35N5O.HI/c1-3-17(24)23-14-9-16(15-23)21-18(19-4-2)20-10-5-6-11-22-12-7-8-13-22;/h16H,3-15H2,1-2H3,(H2,19,20,21);1H. The fourth-order valence-corrected chi connectivity index (χ4v) is 3.49. The van der Waals surface area contributed by atoms with Crippen LogP contribution in [-0.4, -0.2) is 73.5 Å². The Morgan fingerprint density at radius 1 is 1.16 bits per heavy atom. The van der Waals surface area contributed by atoms with E-state index in [1.165, 1.54) is 38.9 Å². The smallest absolute Gasteiger partial charge is 0.222 e. The van der Waals surface area contributed by atoms with Gasteiger partial charge in [0, 0.05) is 38.6 Å². The molecule has 0 aromatic rings. The van der Waals surface area contributed by atoms with Crippen molar-refractivity contribution in [2.75, 3.05) is 45.8 Å². The van der Waals surface area contributed by atoms with Gasteiger partial charge in [-0.1, -0.05) is 6.92 Å². The minimum atomic E-state index is 0. The zero-order valence-electron chi connectivity index (χ0n) is 15.9. The number of rotatable bonds is 8. The van der Waals surface area contributed by atoms with E-state index in [0.717, 1.165) is 45.0 Å². The number of hydrogen-bond acceptors (Lipinski definition) is 3. The van der Waals surface area contributed by atoms with Gasteiger partial charge in [0.05, 0.1) is 0 Å². The Labute approximate surface area is 170 Å². The predicted molar refractivity (Wildman–Crippen MR) is 115 cm³/mol. The van der Waals surface area contributed by atoms with Gasteiger partial charge in [-0.25, -0.2) is 0 Å². The molecule has 1 unspecified atom stereocenters. The minimum absolute atomic E-state index is 0. The summed E-state index contributed by atoms with van der Waals surface area (Å²) < 4.78 is 0. The first-order chi connectivity index (χ1) is 11.7. The first-order valence-corrected chi connectivity index (χ1v) is 9.78. The van der Waals surface area contributed by atoms with E-state index in [4.69, 9.17) is 4.99 Å². The van der Waals surface area contributed by atoms with Crippen LogP contribution in [0.1, 0.15) is 52.4 Å². The zero-order chi connectivity index (χ0) is 17.2. The molecule has 0 saturated carbocycles. The van der Waals surface area contributed by atoms with E-state index in [1.54, 1.807) is 0 Å². The summed E-state index contributed by atoms with van der Waals surface area (Å²) in [7, 11) is 0. The summed E-state index contributed by atoms with van der Waals surface area (Å²) in [4.78, 5) is 21.0. The molecule has 0 bridgehead atoms. The van der Waals surface area contributed by atoms with E-state index in [1.807, 2.05) is 11.8 Å². The first kappa shape index (κ1) is 22.5. The Bertz CT molecular complexity index is 412. The molecule has 2 rings (SSSR count). The van der Waals surface area contributed by atoms with E-state index in [0.29, 0.717) is 12.5 Å². The molecule has 2 heterocycles. The van der Waals surface area contributed by atoms with Crippen LogP contribution in [0.2, 0.25) is 0 Å². The molecule has 2 fully saturated rings. The highest BCUT2D eigenvalue weighted by Gasteiger charge is 2.25. The van der Waals surface area contributed by atoms with Crippen LogP contribution in [0.4, 0.5) is 0 Å². The Hall–Kier alpha value is -0.570. The van der Waals surface area contributed by atoms with Crippen LogP contribution >= 0.6 is 24.0 Å². The zero-order valence-corrected chi connectivity index (χ0v) is 18.3. The third-order valence-electron chi connectivity index (χ3n) is 4.88. The van der Waals surface area contributed by atoms with Gasteiger partial charge in [0.15, 0.2) is 5.96 Å². The van der Waals surface area contributed by atoms with Crippen LogP contribution in [-0.2, 0) is 4.79 Å². The lowest BCUT2D eigenvalue weighted by atomic mass is 10.2. The molecule has 2 aliphatic rings. The maximum atomic E-state index is 11.8. The molecule has 0 aromatic carbocycles. The van der Waals surface area contributed by atoms with Crippen molar-refractivity contribution in [1.29, 1.82) is 0 Å². The number of unbranched alkanes of at least 4 members (excludes halogenated alkanes) is 1. The monoisotopic (exact) mass is 465 g/mol. The molecule has 2 aliphatic heterocycles. The van der Waals surface area contributed by atoms with E-state index in [2.05, 4.69) is 22.5 Å². The average Bonchev–Trinajstić information content (AvgIpc) is 3.25. The third-order valence-corrected chi connectivity index (χ3v) is 4.88. The van der Waals surface area contributed by atoms with E-state index in [-0.39, 0.29) is 29.9 Å². The van der Waals surface area contributed by atoms with Gasteiger partial charge in [0.25, 0.3) is 0 Å². The normalized spacial score (nSPS) is 21.3. The molecule has 146 valence electrons. The fourth-order valence-electron chi connectivity index (χ4n) is 3.49. The third kappa shape index (κ3) is 8.11. The van der Waals surface area contributed by atoms with E-state index >= 15 is 0 Å². The molecule has 6 nitrogen and oxygen atoms in total. The SMILES string of the molecule is CCNC(=NCCCCN1CCCC1)NC1CCN(C(=O)CC)C1.I. The first-order valence-electron chi connectivity index (χ1n) is 9.78. The lowest BCUT2D eigenvalue weighted by Gasteiger charge is -2.18. The maximum absolute atomic E-state index is 11.8. The molecule has 0 aromatic heterocycles. The van der Waals surface area contributed by atoms with Crippen LogP contribution in [0.25, 0.3) is 0 Å². The summed E-state index contributed by atoms with van der Waals surface area (Å²) >= 11 is 0. The summed E-state index contributed by atoms with van der Waals surface area (Å²) in [5.74, 6) is 1.15. The van der Waals surface area contributed by atoms with Gasteiger partial charge >= 0.3 is 0 Å². The molecule has 0 aliphatic carbocycles. The largest absolute Gasteiger partial charge is 0.357 e. The Morgan fingerprint density at radius 2 is 1.92 bits per heavy atom. The van der Waals surface area contributed by atoms with Gasteiger partial charge in [-0.05, 0) is 58.7 Å². The molecule has 1 amide bonds. The maximum Gasteiger partial charge on any atom is 0.222 e. The Balaban J connectivity index is 0.00000312. The Morgan fingerprint density at radius 3 is 2.60 bits per heavy atom. The highest BCUT2D eigenvalue weighted by Crippen LogP contribution is 2.10. The van der Waals surface area contributed by atoms with Crippen LogP contribution in [0, 0.1) is 0 Å². The quantitative estimate of drug-likeness (QED) is 0.249. The molecule has 7 heteroatoms. The molecule has 2 N–H and O–H groups in total. The van der Waals surface area contributed by atoms with Crippen molar-refractivity contribution in [2.24, 2.45) is 4.99 Å². The number of carbonyl (C=O) groups excluding carboxylic acids is 1. The van der Waals surface area contributed by atoms with Gasteiger partial charge in [-0.3, -0.25) is 9.79 Å². The Kier molecular flexibility index (Phi) is 11.4. The molecular weight excluding hydrogens is 429 g/mol. The molecule has 25 heavy (non-hydrogen) atoms. The number of likely N-dealkylation sites (tertiary alicyclic amines) is 2. The highest BCUT2D eigenvalue weighted by molar-refractivity contribution is 14.0. The number of guanidine groups is 1. The lowest BCUT2D eigenvalue weighted by molar-refractivity contribution is -0.129. The van der Waals surface area contributed by atoms with E-state index in [9.17, 15) is 4.79 Å².